The molecule has 0 aromatic carbocycles. The third-order valence-electron chi connectivity index (χ3n) is 2.46. The lowest BCUT2D eigenvalue weighted by Crippen LogP contribution is -2.57. The molecule has 4 heteroatoms. The van der Waals surface area contributed by atoms with Crippen molar-refractivity contribution in [1.82, 2.24) is 4.90 Å². The third kappa shape index (κ3) is 4.18. The molecule has 0 bridgehead atoms. The summed E-state index contributed by atoms with van der Waals surface area (Å²) < 4.78 is 5.97. The number of morpholine rings is 1. The van der Waals surface area contributed by atoms with Crippen molar-refractivity contribution < 1.29 is 4.74 Å². The Morgan fingerprint density at radius 3 is 2.13 bits per heavy atom. The zero-order valence-corrected chi connectivity index (χ0v) is 10.3. The SMILES string of the molecule is CC1(C)CN(CCC(=N)N)CC(C)(C)O1. The number of nitrogens with zero attached hydrogens (tertiary/aromatic N) is 1. The number of nitrogens with one attached hydrogen (secondary N) is 1. The zero-order valence-electron chi connectivity index (χ0n) is 10.3. The Morgan fingerprint density at radius 2 is 1.73 bits per heavy atom. The summed E-state index contributed by atoms with van der Waals surface area (Å²) in [6.45, 7) is 11.1. The van der Waals surface area contributed by atoms with Crippen LogP contribution in [0.5, 0.6) is 0 Å². The number of hydrogen-bond acceptors (Lipinski definition) is 3. The van der Waals surface area contributed by atoms with Gasteiger partial charge in [0.15, 0.2) is 0 Å². The second-order valence-electron chi connectivity index (χ2n) is 5.61. The van der Waals surface area contributed by atoms with E-state index in [1.165, 1.54) is 0 Å². The summed E-state index contributed by atoms with van der Waals surface area (Å²) in [5.41, 5.74) is 5.15. The molecule has 0 aromatic heterocycles. The Balaban J connectivity index is 2.55. The van der Waals surface area contributed by atoms with Crippen LogP contribution in [-0.2, 0) is 4.74 Å². The highest BCUT2D eigenvalue weighted by Gasteiger charge is 2.37. The fourth-order valence-corrected chi connectivity index (χ4v) is 2.38. The van der Waals surface area contributed by atoms with E-state index in [1.807, 2.05) is 0 Å². The van der Waals surface area contributed by atoms with Gasteiger partial charge >= 0.3 is 0 Å². The number of amidine groups is 1. The number of hydrogen-bond donors (Lipinski definition) is 2. The van der Waals surface area contributed by atoms with Crippen molar-refractivity contribution in [3.05, 3.63) is 0 Å². The first-order valence-corrected chi connectivity index (χ1v) is 5.46. The van der Waals surface area contributed by atoms with Gasteiger partial charge in [-0.15, -0.1) is 0 Å². The first-order chi connectivity index (χ1) is 6.70. The Hall–Kier alpha value is -0.610. The summed E-state index contributed by atoms with van der Waals surface area (Å²) in [6.07, 6.45) is 0.645. The molecule has 0 atom stereocenters. The largest absolute Gasteiger partial charge is 0.388 e. The predicted octanol–water partition coefficient (Wildman–Crippen LogP) is 1.20. The summed E-state index contributed by atoms with van der Waals surface area (Å²) in [4.78, 5) is 2.32. The molecular formula is C11H23N3O. The smallest absolute Gasteiger partial charge is 0.0918 e. The van der Waals surface area contributed by atoms with Crippen LogP contribution < -0.4 is 5.73 Å². The minimum Gasteiger partial charge on any atom is -0.388 e. The van der Waals surface area contributed by atoms with Crippen molar-refractivity contribution in [3.8, 4) is 0 Å². The normalized spacial score (nSPS) is 25.1. The van der Waals surface area contributed by atoms with Crippen LogP contribution in [0.4, 0.5) is 0 Å². The maximum atomic E-state index is 7.23. The molecule has 0 aromatic rings. The molecule has 1 fully saturated rings. The standard InChI is InChI=1S/C11H23N3O/c1-10(2)7-14(6-5-9(12)13)8-11(3,4)15-10/h5-8H2,1-4H3,(H3,12,13). The van der Waals surface area contributed by atoms with Gasteiger partial charge in [0.25, 0.3) is 0 Å². The number of ether oxygens (including phenoxy) is 1. The monoisotopic (exact) mass is 213 g/mol. The summed E-state index contributed by atoms with van der Waals surface area (Å²) in [6, 6.07) is 0. The molecule has 0 amide bonds. The van der Waals surface area contributed by atoms with E-state index in [1.54, 1.807) is 0 Å². The molecular weight excluding hydrogens is 190 g/mol. The lowest BCUT2D eigenvalue weighted by molar-refractivity contribution is -0.179. The van der Waals surface area contributed by atoms with E-state index in [0.29, 0.717) is 6.42 Å². The second-order valence-corrected chi connectivity index (χ2v) is 5.61. The number of rotatable bonds is 3. The van der Waals surface area contributed by atoms with E-state index in [9.17, 15) is 0 Å². The molecule has 0 radical (unpaired) electrons. The molecule has 1 aliphatic heterocycles. The quantitative estimate of drug-likeness (QED) is 0.547. The highest BCUT2D eigenvalue weighted by atomic mass is 16.5. The van der Waals surface area contributed by atoms with Crippen LogP contribution in [0, 0.1) is 5.41 Å². The lowest BCUT2D eigenvalue weighted by Gasteiger charge is -2.47. The van der Waals surface area contributed by atoms with Gasteiger partial charge in [0.05, 0.1) is 17.0 Å². The molecule has 1 rings (SSSR count). The van der Waals surface area contributed by atoms with E-state index in [2.05, 4.69) is 32.6 Å². The van der Waals surface area contributed by atoms with Gasteiger partial charge in [-0.1, -0.05) is 0 Å². The third-order valence-corrected chi connectivity index (χ3v) is 2.46. The van der Waals surface area contributed by atoms with Crippen molar-refractivity contribution in [2.75, 3.05) is 19.6 Å². The van der Waals surface area contributed by atoms with Gasteiger partial charge in [-0.25, -0.2) is 0 Å². The van der Waals surface area contributed by atoms with Gasteiger partial charge in [-0.3, -0.25) is 10.3 Å². The average Bonchev–Trinajstić information content (AvgIpc) is 1.94. The molecule has 0 saturated carbocycles. The molecule has 1 aliphatic rings. The van der Waals surface area contributed by atoms with E-state index in [4.69, 9.17) is 15.9 Å². The molecule has 1 saturated heterocycles. The number of nitrogens with two attached hydrogens (primary N) is 1. The Labute approximate surface area is 92.3 Å². The van der Waals surface area contributed by atoms with Crippen LogP contribution in [0.15, 0.2) is 0 Å². The Bertz CT molecular complexity index is 232. The minimum absolute atomic E-state index is 0.113. The highest BCUT2D eigenvalue weighted by Crippen LogP contribution is 2.27. The summed E-state index contributed by atoms with van der Waals surface area (Å²) in [5, 5.41) is 7.23. The van der Waals surface area contributed by atoms with Crippen molar-refractivity contribution in [1.29, 1.82) is 5.41 Å². The fourth-order valence-electron chi connectivity index (χ4n) is 2.38. The van der Waals surface area contributed by atoms with Crippen LogP contribution in [-0.4, -0.2) is 41.6 Å². The molecule has 1 heterocycles. The molecule has 15 heavy (non-hydrogen) atoms. The molecule has 88 valence electrons. The van der Waals surface area contributed by atoms with Gasteiger partial charge in [-0.2, -0.15) is 0 Å². The summed E-state index contributed by atoms with van der Waals surface area (Å²) >= 11 is 0. The second kappa shape index (κ2) is 4.10. The van der Waals surface area contributed by atoms with Crippen molar-refractivity contribution in [3.63, 3.8) is 0 Å². The Morgan fingerprint density at radius 1 is 1.27 bits per heavy atom. The van der Waals surface area contributed by atoms with E-state index < -0.39 is 0 Å². The molecule has 0 aliphatic carbocycles. The van der Waals surface area contributed by atoms with Gasteiger partial charge in [-0.05, 0) is 27.7 Å². The van der Waals surface area contributed by atoms with E-state index in [0.717, 1.165) is 19.6 Å². The van der Waals surface area contributed by atoms with Crippen molar-refractivity contribution >= 4 is 5.84 Å². The van der Waals surface area contributed by atoms with E-state index in [-0.39, 0.29) is 17.0 Å². The van der Waals surface area contributed by atoms with Crippen molar-refractivity contribution in [2.24, 2.45) is 5.73 Å². The lowest BCUT2D eigenvalue weighted by atomic mass is 9.99. The molecule has 4 nitrogen and oxygen atoms in total. The topological polar surface area (TPSA) is 62.3 Å². The predicted molar refractivity (Wildman–Crippen MR) is 62.2 cm³/mol. The van der Waals surface area contributed by atoms with Crippen LogP contribution in [0.3, 0.4) is 0 Å². The van der Waals surface area contributed by atoms with Crippen LogP contribution in [0.1, 0.15) is 34.1 Å². The first-order valence-electron chi connectivity index (χ1n) is 5.46. The van der Waals surface area contributed by atoms with Crippen LogP contribution in [0.2, 0.25) is 0 Å². The van der Waals surface area contributed by atoms with Gasteiger partial charge < -0.3 is 10.5 Å². The maximum Gasteiger partial charge on any atom is 0.0918 e. The minimum atomic E-state index is -0.113. The fraction of sp³-hybridized carbons (Fsp3) is 0.909. The average molecular weight is 213 g/mol. The molecule has 0 unspecified atom stereocenters. The summed E-state index contributed by atoms with van der Waals surface area (Å²) in [5.74, 6) is 0.261. The molecule has 3 N–H and O–H groups in total. The Kier molecular flexibility index (Phi) is 3.41. The van der Waals surface area contributed by atoms with Crippen LogP contribution in [0.25, 0.3) is 0 Å². The van der Waals surface area contributed by atoms with Gasteiger partial charge in [0, 0.05) is 26.1 Å². The van der Waals surface area contributed by atoms with Gasteiger partial charge in [0.1, 0.15) is 0 Å². The molecule has 0 spiro atoms. The van der Waals surface area contributed by atoms with E-state index >= 15 is 0 Å². The first kappa shape index (κ1) is 12.5. The zero-order chi connectivity index (χ0) is 11.7. The summed E-state index contributed by atoms with van der Waals surface area (Å²) in [7, 11) is 0. The maximum absolute atomic E-state index is 7.23. The van der Waals surface area contributed by atoms with Crippen molar-refractivity contribution in [2.45, 2.75) is 45.3 Å². The highest BCUT2D eigenvalue weighted by molar-refractivity contribution is 5.76. The van der Waals surface area contributed by atoms with Gasteiger partial charge in [0.2, 0.25) is 0 Å². The van der Waals surface area contributed by atoms with Crippen LogP contribution >= 0.6 is 0 Å².